The molecule has 14 heteroatoms. The molecule has 0 spiro atoms. The van der Waals surface area contributed by atoms with Gasteiger partial charge in [0.1, 0.15) is 5.75 Å². The summed E-state index contributed by atoms with van der Waals surface area (Å²) in [5.74, 6) is -0.310. The van der Waals surface area contributed by atoms with E-state index in [2.05, 4.69) is 40.8 Å². The van der Waals surface area contributed by atoms with Gasteiger partial charge in [-0.1, -0.05) is 0 Å². The van der Waals surface area contributed by atoms with E-state index in [-0.39, 0.29) is 46.5 Å². The number of esters is 1. The second-order valence-corrected chi connectivity index (χ2v) is 6.63. The van der Waals surface area contributed by atoms with Gasteiger partial charge < -0.3 is 15.2 Å². The van der Waals surface area contributed by atoms with Crippen molar-refractivity contribution in [3.8, 4) is 5.75 Å². The van der Waals surface area contributed by atoms with Crippen LogP contribution in [-0.2, 0) is 4.74 Å². The lowest BCUT2D eigenvalue weighted by Crippen LogP contribution is -2.05. The van der Waals surface area contributed by atoms with Crippen LogP contribution in [0.4, 0.5) is 23.0 Å². The molecule has 2 heterocycles. The number of hydrazone groups is 1. The lowest BCUT2D eigenvalue weighted by molar-refractivity contribution is -0.384. The Hall–Kier alpha value is -5.14. The molecule has 4 rings (SSSR count). The average Bonchev–Trinajstić information content (AvgIpc) is 3.28. The Kier molecular flexibility index (Phi) is 6.20. The predicted molar refractivity (Wildman–Crippen MR) is 119 cm³/mol. The Bertz CT molecular complexity index is 1390. The number of ether oxygens (including phenoxy) is 1. The number of nitro benzene ring substituents is 1. The van der Waals surface area contributed by atoms with Crippen LogP contribution in [0.15, 0.2) is 52.2 Å². The molecule has 3 N–H and O–H groups in total. The molecule has 0 unspecified atom stereocenters. The SMILES string of the molecule is CCOC(=O)c1ccc(Nc2nc3nonc3nc2N/N=C\c2cc([N+](=O)[O-])ccc2O)cc1. The molecule has 2 aromatic heterocycles. The van der Waals surface area contributed by atoms with Crippen molar-refractivity contribution in [2.75, 3.05) is 17.3 Å². The zero-order valence-electron chi connectivity index (χ0n) is 17.5. The molecule has 0 aliphatic heterocycles. The monoisotopic (exact) mass is 464 g/mol. The minimum absolute atomic E-state index is 0.110. The minimum atomic E-state index is -0.587. The van der Waals surface area contributed by atoms with E-state index in [0.717, 1.165) is 0 Å². The Morgan fingerprint density at radius 3 is 2.56 bits per heavy atom. The lowest BCUT2D eigenvalue weighted by Gasteiger charge is -2.10. The number of hydrogen-bond donors (Lipinski definition) is 3. The summed E-state index contributed by atoms with van der Waals surface area (Å²) in [4.78, 5) is 30.7. The standard InChI is InChI=1S/C20H16N8O6/c1-2-33-20(30)11-3-5-13(6-4-11)22-16-17(24-19-18(23-16)26-34-27-19)25-21-10-12-9-14(28(31)32)7-8-15(12)29/h3-10,29H,2H2,1H3,(H,22,23,26)(H,24,25,27)/b21-10-. The van der Waals surface area contributed by atoms with Gasteiger partial charge in [0.05, 0.1) is 23.3 Å². The van der Waals surface area contributed by atoms with Crippen LogP contribution in [0.5, 0.6) is 5.75 Å². The summed E-state index contributed by atoms with van der Waals surface area (Å²) < 4.78 is 9.61. The van der Waals surface area contributed by atoms with Gasteiger partial charge in [0.25, 0.3) is 5.69 Å². The van der Waals surface area contributed by atoms with Crippen molar-refractivity contribution < 1.29 is 24.2 Å². The number of aromatic hydroxyl groups is 1. The molecule has 0 aliphatic carbocycles. The molecule has 0 bridgehead atoms. The number of anilines is 3. The van der Waals surface area contributed by atoms with Crippen LogP contribution in [0.1, 0.15) is 22.8 Å². The third-order valence-electron chi connectivity index (χ3n) is 4.37. The minimum Gasteiger partial charge on any atom is -0.507 e. The molecule has 172 valence electrons. The first kappa shape index (κ1) is 22.1. The first-order valence-electron chi connectivity index (χ1n) is 9.75. The maximum atomic E-state index is 11.8. The van der Waals surface area contributed by atoms with E-state index in [1.165, 1.54) is 24.4 Å². The second kappa shape index (κ2) is 9.56. The van der Waals surface area contributed by atoms with E-state index in [9.17, 15) is 20.0 Å². The molecule has 0 saturated carbocycles. The van der Waals surface area contributed by atoms with Gasteiger partial charge in [-0.05, 0) is 47.6 Å². The Labute approximate surface area is 190 Å². The van der Waals surface area contributed by atoms with E-state index in [4.69, 9.17) is 4.74 Å². The van der Waals surface area contributed by atoms with Crippen LogP contribution < -0.4 is 10.7 Å². The van der Waals surface area contributed by atoms with Crippen LogP contribution in [0.2, 0.25) is 0 Å². The van der Waals surface area contributed by atoms with Crippen LogP contribution in [-0.4, -0.2) is 49.1 Å². The molecule has 4 aromatic rings. The van der Waals surface area contributed by atoms with Crippen LogP contribution in [0.25, 0.3) is 11.3 Å². The first-order valence-corrected chi connectivity index (χ1v) is 9.75. The van der Waals surface area contributed by atoms with Gasteiger partial charge in [0, 0.05) is 23.4 Å². The van der Waals surface area contributed by atoms with Gasteiger partial charge in [-0.3, -0.25) is 15.5 Å². The number of carbonyl (C=O) groups excluding carboxylic acids is 1. The molecular weight excluding hydrogens is 448 g/mol. The van der Waals surface area contributed by atoms with Crippen molar-refractivity contribution in [1.82, 2.24) is 20.3 Å². The number of benzene rings is 2. The largest absolute Gasteiger partial charge is 0.507 e. The van der Waals surface area contributed by atoms with Crippen molar-refractivity contribution in [2.24, 2.45) is 5.10 Å². The van der Waals surface area contributed by atoms with E-state index < -0.39 is 10.9 Å². The zero-order chi connectivity index (χ0) is 24.1. The highest BCUT2D eigenvalue weighted by molar-refractivity contribution is 5.90. The summed E-state index contributed by atoms with van der Waals surface area (Å²) in [5.41, 5.74) is 3.76. The third-order valence-corrected chi connectivity index (χ3v) is 4.37. The molecule has 14 nitrogen and oxygen atoms in total. The summed E-state index contributed by atoms with van der Waals surface area (Å²) in [7, 11) is 0. The third kappa shape index (κ3) is 4.85. The molecule has 34 heavy (non-hydrogen) atoms. The number of hydrogen-bond acceptors (Lipinski definition) is 13. The van der Waals surface area contributed by atoms with Crippen LogP contribution in [0.3, 0.4) is 0 Å². The Balaban J connectivity index is 1.58. The van der Waals surface area contributed by atoms with Gasteiger partial charge in [-0.25, -0.2) is 14.4 Å². The quantitative estimate of drug-likeness (QED) is 0.150. The molecule has 0 aliphatic rings. The molecule has 0 radical (unpaired) electrons. The number of carbonyl (C=O) groups is 1. The van der Waals surface area contributed by atoms with E-state index in [1.807, 2.05) is 0 Å². The van der Waals surface area contributed by atoms with Crippen molar-refractivity contribution in [1.29, 1.82) is 0 Å². The lowest BCUT2D eigenvalue weighted by atomic mass is 10.2. The number of phenols is 1. The van der Waals surface area contributed by atoms with Crippen molar-refractivity contribution in [2.45, 2.75) is 6.92 Å². The molecule has 0 amide bonds. The number of fused-ring (bicyclic) bond motifs is 1. The van der Waals surface area contributed by atoms with Crippen molar-refractivity contribution >= 4 is 46.5 Å². The number of nitro groups is 1. The number of nitrogens with zero attached hydrogens (tertiary/aromatic N) is 6. The Morgan fingerprint density at radius 1 is 1.18 bits per heavy atom. The van der Waals surface area contributed by atoms with E-state index in [1.54, 1.807) is 31.2 Å². The number of nitrogens with one attached hydrogen (secondary N) is 2. The van der Waals surface area contributed by atoms with Crippen molar-refractivity contribution in [3.05, 3.63) is 63.7 Å². The molecule has 0 fully saturated rings. The summed E-state index contributed by atoms with van der Waals surface area (Å²) >= 11 is 0. The maximum Gasteiger partial charge on any atom is 0.338 e. The normalized spacial score (nSPS) is 11.0. The molecule has 0 saturated heterocycles. The second-order valence-electron chi connectivity index (χ2n) is 6.63. The first-order chi connectivity index (χ1) is 16.4. The Morgan fingerprint density at radius 2 is 1.88 bits per heavy atom. The zero-order valence-corrected chi connectivity index (χ0v) is 17.5. The topological polar surface area (TPSA) is 191 Å². The van der Waals surface area contributed by atoms with Gasteiger partial charge in [-0.15, -0.1) is 0 Å². The van der Waals surface area contributed by atoms with Gasteiger partial charge in [0.2, 0.25) is 11.3 Å². The van der Waals surface area contributed by atoms with Crippen molar-refractivity contribution in [3.63, 3.8) is 0 Å². The van der Waals surface area contributed by atoms with E-state index >= 15 is 0 Å². The number of non-ortho nitro benzene ring substituents is 1. The highest BCUT2D eigenvalue weighted by Gasteiger charge is 2.14. The smallest absolute Gasteiger partial charge is 0.338 e. The fraction of sp³-hybridized carbons (Fsp3) is 0.100. The highest BCUT2D eigenvalue weighted by atomic mass is 16.6. The molecular formula is C20H16N8O6. The van der Waals surface area contributed by atoms with Crippen LogP contribution >= 0.6 is 0 Å². The summed E-state index contributed by atoms with van der Waals surface area (Å²) in [6.45, 7) is 1.99. The summed E-state index contributed by atoms with van der Waals surface area (Å²) in [5, 5.41) is 35.2. The van der Waals surface area contributed by atoms with Gasteiger partial charge >= 0.3 is 5.97 Å². The number of aromatic nitrogens is 4. The predicted octanol–water partition coefficient (Wildman–Crippen LogP) is 2.99. The van der Waals surface area contributed by atoms with Gasteiger partial charge in [0.15, 0.2) is 11.6 Å². The molecule has 2 aromatic carbocycles. The number of phenolic OH excluding ortho intramolecular Hbond substituents is 1. The van der Waals surface area contributed by atoms with E-state index in [0.29, 0.717) is 11.3 Å². The molecule has 0 atom stereocenters. The maximum absolute atomic E-state index is 11.8. The number of rotatable bonds is 8. The highest BCUT2D eigenvalue weighted by Crippen LogP contribution is 2.25. The van der Waals surface area contributed by atoms with Crippen LogP contribution in [0, 0.1) is 10.1 Å². The van der Waals surface area contributed by atoms with Gasteiger partial charge in [-0.2, -0.15) is 10.1 Å². The fourth-order valence-corrected chi connectivity index (χ4v) is 2.77. The average molecular weight is 464 g/mol. The summed E-state index contributed by atoms with van der Waals surface area (Å²) in [6, 6.07) is 9.99. The summed E-state index contributed by atoms with van der Waals surface area (Å²) in [6.07, 6.45) is 1.19. The fourth-order valence-electron chi connectivity index (χ4n) is 2.77.